The van der Waals surface area contributed by atoms with Gasteiger partial charge in [0.1, 0.15) is 17.4 Å². The Hall–Kier alpha value is -1.64. The van der Waals surface area contributed by atoms with Gasteiger partial charge in [-0.25, -0.2) is 8.78 Å². The lowest BCUT2D eigenvalue weighted by Gasteiger charge is -2.10. The van der Waals surface area contributed by atoms with Crippen LogP contribution in [0, 0.1) is 18.6 Å². The van der Waals surface area contributed by atoms with E-state index in [2.05, 4.69) is 0 Å². The maximum Gasteiger partial charge on any atom is 0.134 e. The van der Waals surface area contributed by atoms with E-state index in [1.165, 1.54) is 12.1 Å². The number of rotatable bonds is 1. The van der Waals surface area contributed by atoms with Crippen molar-refractivity contribution in [1.29, 1.82) is 0 Å². The van der Waals surface area contributed by atoms with Gasteiger partial charge in [0.25, 0.3) is 0 Å². The van der Waals surface area contributed by atoms with Gasteiger partial charge in [0, 0.05) is 11.5 Å². The zero-order chi connectivity index (χ0) is 11.9. The molecule has 1 nitrogen and oxygen atoms in total. The third-order valence-corrected chi connectivity index (χ3v) is 2.77. The molecule has 0 saturated carbocycles. The summed E-state index contributed by atoms with van der Waals surface area (Å²) >= 11 is 0. The van der Waals surface area contributed by atoms with Gasteiger partial charge in [0.15, 0.2) is 0 Å². The third-order valence-electron chi connectivity index (χ3n) is 2.77. The summed E-state index contributed by atoms with van der Waals surface area (Å²) in [6, 6.07) is 3.72. The SMILES string of the molecule is CCc1c(F)cc(F)c2cc(O)cc(C)c12. The van der Waals surface area contributed by atoms with E-state index in [-0.39, 0.29) is 11.1 Å². The highest BCUT2D eigenvalue weighted by Gasteiger charge is 2.13. The predicted octanol–water partition coefficient (Wildman–Crippen LogP) is 3.69. The standard InChI is InChI=1S/C13H12F2O/c1-3-9-11(14)6-12(15)10-5-8(16)4-7(2)13(9)10/h4-6,16H,3H2,1-2H3. The highest BCUT2D eigenvalue weighted by molar-refractivity contribution is 5.90. The van der Waals surface area contributed by atoms with E-state index in [0.717, 1.165) is 6.07 Å². The molecule has 0 spiro atoms. The number of fused-ring (bicyclic) bond motifs is 1. The Kier molecular flexibility index (Phi) is 2.54. The third kappa shape index (κ3) is 1.52. The fraction of sp³-hybridized carbons (Fsp3) is 0.231. The van der Waals surface area contributed by atoms with Gasteiger partial charge in [-0.05, 0) is 42.0 Å². The summed E-state index contributed by atoms with van der Waals surface area (Å²) < 4.78 is 27.1. The molecule has 0 amide bonds. The first-order valence-corrected chi connectivity index (χ1v) is 5.14. The van der Waals surface area contributed by atoms with Crippen LogP contribution in [0.1, 0.15) is 18.1 Å². The summed E-state index contributed by atoms with van der Waals surface area (Å²) in [5.74, 6) is -1.16. The summed E-state index contributed by atoms with van der Waals surface area (Å²) in [6.07, 6.45) is 0.494. The molecule has 0 aliphatic heterocycles. The fourth-order valence-electron chi connectivity index (χ4n) is 2.10. The molecule has 84 valence electrons. The van der Waals surface area contributed by atoms with Crippen LogP contribution in [0.2, 0.25) is 0 Å². The summed E-state index contributed by atoms with van der Waals surface area (Å²) in [5.41, 5.74) is 1.18. The Balaban J connectivity index is 2.99. The number of phenols is 1. The first-order chi connectivity index (χ1) is 7.54. The maximum atomic E-state index is 13.6. The van der Waals surface area contributed by atoms with Crippen molar-refractivity contribution in [3.63, 3.8) is 0 Å². The molecule has 3 heteroatoms. The zero-order valence-electron chi connectivity index (χ0n) is 9.14. The second kappa shape index (κ2) is 3.74. The molecule has 0 aliphatic rings. The molecule has 0 unspecified atom stereocenters. The van der Waals surface area contributed by atoms with Crippen LogP contribution in [0.5, 0.6) is 5.75 Å². The number of aromatic hydroxyl groups is 1. The summed E-state index contributed by atoms with van der Waals surface area (Å²) in [7, 11) is 0. The van der Waals surface area contributed by atoms with Gasteiger partial charge in [-0.1, -0.05) is 6.92 Å². The first-order valence-electron chi connectivity index (χ1n) is 5.14. The van der Waals surface area contributed by atoms with Crippen molar-refractivity contribution in [2.45, 2.75) is 20.3 Å². The monoisotopic (exact) mass is 222 g/mol. The Morgan fingerprint density at radius 1 is 1.12 bits per heavy atom. The van der Waals surface area contributed by atoms with E-state index in [1.54, 1.807) is 6.92 Å². The van der Waals surface area contributed by atoms with Gasteiger partial charge in [-0.3, -0.25) is 0 Å². The Morgan fingerprint density at radius 2 is 1.81 bits per heavy atom. The number of phenolic OH excluding ortho intramolecular Hbond substituents is 1. The summed E-state index contributed by atoms with van der Waals surface area (Å²) in [6.45, 7) is 3.56. The highest BCUT2D eigenvalue weighted by atomic mass is 19.1. The highest BCUT2D eigenvalue weighted by Crippen LogP contribution is 2.31. The van der Waals surface area contributed by atoms with E-state index in [4.69, 9.17) is 0 Å². The molecule has 0 saturated heterocycles. The average molecular weight is 222 g/mol. The lowest BCUT2D eigenvalue weighted by Crippen LogP contribution is -1.95. The quantitative estimate of drug-likeness (QED) is 0.780. The molecule has 1 N–H and O–H groups in total. The summed E-state index contributed by atoms with van der Waals surface area (Å²) in [5, 5.41) is 10.2. The van der Waals surface area contributed by atoms with E-state index < -0.39 is 11.6 Å². The first kappa shape index (κ1) is 10.9. The van der Waals surface area contributed by atoms with Crippen molar-refractivity contribution in [2.24, 2.45) is 0 Å². The fourth-order valence-corrected chi connectivity index (χ4v) is 2.10. The van der Waals surface area contributed by atoms with Crippen LogP contribution in [0.4, 0.5) is 8.78 Å². The second-order valence-electron chi connectivity index (χ2n) is 3.86. The molecule has 2 aromatic rings. The molecule has 0 heterocycles. The molecule has 0 bridgehead atoms. The van der Waals surface area contributed by atoms with Crippen LogP contribution in [0.25, 0.3) is 10.8 Å². The number of benzene rings is 2. The van der Waals surface area contributed by atoms with Gasteiger partial charge >= 0.3 is 0 Å². The average Bonchev–Trinajstić information content (AvgIpc) is 2.20. The smallest absolute Gasteiger partial charge is 0.134 e. The summed E-state index contributed by atoms with van der Waals surface area (Å²) in [4.78, 5) is 0. The van der Waals surface area contributed by atoms with Gasteiger partial charge in [0.2, 0.25) is 0 Å². The van der Waals surface area contributed by atoms with Crippen LogP contribution >= 0.6 is 0 Å². The van der Waals surface area contributed by atoms with E-state index in [0.29, 0.717) is 22.9 Å². The Labute approximate surface area is 92.3 Å². The molecule has 0 atom stereocenters. The van der Waals surface area contributed by atoms with E-state index in [9.17, 15) is 13.9 Å². The van der Waals surface area contributed by atoms with Crippen molar-refractivity contribution in [3.05, 3.63) is 41.0 Å². The minimum atomic E-state index is -0.635. The van der Waals surface area contributed by atoms with Gasteiger partial charge in [-0.2, -0.15) is 0 Å². The van der Waals surface area contributed by atoms with Crippen molar-refractivity contribution in [3.8, 4) is 5.75 Å². The number of halogens is 2. The number of hydrogen-bond acceptors (Lipinski definition) is 1. The molecular weight excluding hydrogens is 210 g/mol. The van der Waals surface area contributed by atoms with Crippen LogP contribution in [-0.2, 0) is 6.42 Å². The molecule has 0 radical (unpaired) electrons. The molecule has 0 aromatic heterocycles. The van der Waals surface area contributed by atoms with Crippen molar-refractivity contribution >= 4 is 10.8 Å². The van der Waals surface area contributed by atoms with Crippen LogP contribution in [-0.4, -0.2) is 5.11 Å². The number of hydrogen-bond donors (Lipinski definition) is 1. The van der Waals surface area contributed by atoms with Gasteiger partial charge < -0.3 is 5.11 Å². The second-order valence-corrected chi connectivity index (χ2v) is 3.86. The molecule has 0 aliphatic carbocycles. The van der Waals surface area contributed by atoms with E-state index in [1.807, 2.05) is 6.92 Å². The minimum Gasteiger partial charge on any atom is -0.508 e. The minimum absolute atomic E-state index is 0.00226. The largest absolute Gasteiger partial charge is 0.508 e. The van der Waals surface area contributed by atoms with Crippen molar-refractivity contribution < 1.29 is 13.9 Å². The van der Waals surface area contributed by atoms with Crippen molar-refractivity contribution in [1.82, 2.24) is 0 Å². The van der Waals surface area contributed by atoms with Gasteiger partial charge in [0.05, 0.1) is 0 Å². The molecular formula is C13H12F2O. The molecule has 0 fully saturated rings. The van der Waals surface area contributed by atoms with Crippen molar-refractivity contribution in [2.75, 3.05) is 0 Å². The van der Waals surface area contributed by atoms with E-state index >= 15 is 0 Å². The topological polar surface area (TPSA) is 20.2 Å². The normalized spacial score (nSPS) is 11.0. The van der Waals surface area contributed by atoms with Gasteiger partial charge in [-0.15, -0.1) is 0 Å². The van der Waals surface area contributed by atoms with Crippen LogP contribution in [0.3, 0.4) is 0 Å². The van der Waals surface area contributed by atoms with Crippen LogP contribution < -0.4 is 0 Å². The molecule has 2 rings (SSSR count). The predicted molar refractivity (Wildman–Crippen MR) is 59.6 cm³/mol. The zero-order valence-corrected chi connectivity index (χ0v) is 9.14. The number of aryl methyl sites for hydroxylation is 2. The molecule has 16 heavy (non-hydrogen) atoms. The Morgan fingerprint density at radius 3 is 2.44 bits per heavy atom. The Bertz CT molecular complexity index is 562. The maximum absolute atomic E-state index is 13.6. The lowest BCUT2D eigenvalue weighted by molar-refractivity contribution is 0.475. The van der Waals surface area contributed by atoms with Crippen LogP contribution in [0.15, 0.2) is 18.2 Å². The molecule has 2 aromatic carbocycles. The lowest BCUT2D eigenvalue weighted by atomic mass is 9.97.